The Kier molecular flexibility index (Phi) is 5.44. The highest BCUT2D eigenvalue weighted by Gasteiger charge is 2.07. The Hall–Kier alpha value is -3.40. The number of carbonyl (C=O) groups excluding carboxylic acids is 1. The summed E-state index contributed by atoms with van der Waals surface area (Å²) in [5.41, 5.74) is 4.79. The summed E-state index contributed by atoms with van der Waals surface area (Å²) < 4.78 is 0. The second-order valence-electron chi connectivity index (χ2n) is 5.96. The Balaban J connectivity index is 1.68. The number of carbonyl (C=O) groups is 1. The number of benzene rings is 3. The molecule has 0 fully saturated rings. The van der Waals surface area contributed by atoms with Crippen LogP contribution in [0.4, 0.5) is 0 Å². The normalized spacial score (nSPS) is 10.9. The van der Waals surface area contributed by atoms with Crippen molar-refractivity contribution >= 4 is 22.9 Å². The molecule has 0 aliphatic heterocycles. The van der Waals surface area contributed by atoms with Gasteiger partial charge in [-0.2, -0.15) is 5.10 Å². The number of allylic oxidation sites excluding steroid dienone is 1. The summed E-state index contributed by atoms with van der Waals surface area (Å²) in [5, 5.41) is 16.3. The topological polar surface area (TPSA) is 61.7 Å². The van der Waals surface area contributed by atoms with Gasteiger partial charge in [-0.25, -0.2) is 5.43 Å². The molecule has 0 saturated carbocycles. The molecular formula is C22H20N2O2. The Labute approximate surface area is 152 Å². The van der Waals surface area contributed by atoms with E-state index < -0.39 is 0 Å². The fraction of sp³-hybridized carbons (Fsp3) is 0.0909. The predicted octanol–water partition coefficient (Wildman–Crippen LogP) is 3.97. The summed E-state index contributed by atoms with van der Waals surface area (Å²) >= 11 is 0. The predicted molar refractivity (Wildman–Crippen MR) is 105 cm³/mol. The van der Waals surface area contributed by atoms with Gasteiger partial charge in [-0.15, -0.1) is 6.58 Å². The molecule has 0 heterocycles. The van der Waals surface area contributed by atoms with Crippen LogP contribution < -0.4 is 5.43 Å². The molecule has 2 N–H and O–H groups in total. The lowest BCUT2D eigenvalue weighted by Gasteiger charge is -2.06. The van der Waals surface area contributed by atoms with Crippen molar-refractivity contribution in [2.75, 3.05) is 0 Å². The van der Waals surface area contributed by atoms with E-state index in [1.165, 1.54) is 6.21 Å². The van der Waals surface area contributed by atoms with Crippen LogP contribution in [0, 0.1) is 0 Å². The van der Waals surface area contributed by atoms with Gasteiger partial charge in [0.05, 0.1) is 12.6 Å². The van der Waals surface area contributed by atoms with Gasteiger partial charge in [0, 0.05) is 5.56 Å². The van der Waals surface area contributed by atoms with E-state index in [1.54, 1.807) is 12.1 Å². The number of aromatic hydroxyl groups is 1. The zero-order valence-electron chi connectivity index (χ0n) is 14.4. The molecule has 4 nitrogen and oxygen atoms in total. The highest BCUT2D eigenvalue weighted by Crippen LogP contribution is 2.21. The van der Waals surface area contributed by atoms with Crippen molar-refractivity contribution in [2.45, 2.75) is 12.8 Å². The lowest BCUT2D eigenvalue weighted by molar-refractivity contribution is -0.120. The molecule has 130 valence electrons. The largest absolute Gasteiger partial charge is 0.507 e. The summed E-state index contributed by atoms with van der Waals surface area (Å²) in [6.07, 6.45) is 3.98. The van der Waals surface area contributed by atoms with Crippen LogP contribution in [-0.4, -0.2) is 17.2 Å². The summed E-state index contributed by atoms with van der Waals surface area (Å²) in [7, 11) is 0. The molecule has 4 heteroatoms. The number of para-hydroxylation sites is 1. The van der Waals surface area contributed by atoms with Gasteiger partial charge in [0.15, 0.2) is 0 Å². The van der Waals surface area contributed by atoms with E-state index in [0.29, 0.717) is 12.0 Å². The highest BCUT2D eigenvalue weighted by atomic mass is 16.3. The molecule has 0 bridgehead atoms. The maximum atomic E-state index is 12.2. The van der Waals surface area contributed by atoms with Crippen LogP contribution in [-0.2, 0) is 17.6 Å². The standard InChI is InChI=1S/C22H20N2O2/c1-2-7-17-10-6-12-19(22(17)26)15-23-24-21(25)14-18-11-5-9-16-8-3-4-13-20(16)18/h2-6,8-13,15,26H,1,7,14H2,(H,24,25)/b23-15+. The minimum Gasteiger partial charge on any atom is -0.507 e. The first-order chi connectivity index (χ1) is 12.7. The number of nitrogens with one attached hydrogen (secondary N) is 1. The minimum absolute atomic E-state index is 0.152. The first-order valence-electron chi connectivity index (χ1n) is 8.39. The summed E-state index contributed by atoms with van der Waals surface area (Å²) in [4.78, 5) is 12.2. The maximum Gasteiger partial charge on any atom is 0.244 e. The Bertz CT molecular complexity index is 972. The molecule has 0 aromatic heterocycles. The van der Waals surface area contributed by atoms with Crippen LogP contribution in [0.2, 0.25) is 0 Å². The third-order valence-corrected chi connectivity index (χ3v) is 4.14. The lowest BCUT2D eigenvalue weighted by atomic mass is 10.0. The van der Waals surface area contributed by atoms with Crippen LogP contribution in [0.1, 0.15) is 16.7 Å². The van der Waals surface area contributed by atoms with Crippen molar-refractivity contribution in [3.8, 4) is 5.75 Å². The van der Waals surface area contributed by atoms with Crippen molar-refractivity contribution in [1.82, 2.24) is 5.43 Å². The molecule has 0 atom stereocenters. The number of phenolic OH excluding ortho intramolecular Hbond substituents is 1. The molecule has 0 unspecified atom stereocenters. The molecule has 0 spiro atoms. The van der Waals surface area contributed by atoms with E-state index in [9.17, 15) is 9.90 Å². The number of fused-ring (bicyclic) bond motifs is 1. The Morgan fingerprint density at radius 3 is 2.62 bits per heavy atom. The van der Waals surface area contributed by atoms with Crippen molar-refractivity contribution in [3.05, 3.63) is 90.0 Å². The maximum absolute atomic E-state index is 12.2. The van der Waals surface area contributed by atoms with Crippen LogP contribution >= 0.6 is 0 Å². The van der Waals surface area contributed by atoms with Crippen molar-refractivity contribution in [1.29, 1.82) is 0 Å². The van der Waals surface area contributed by atoms with Crippen LogP contribution in [0.15, 0.2) is 78.4 Å². The zero-order chi connectivity index (χ0) is 18.4. The third-order valence-electron chi connectivity index (χ3n) is 4.14. The second-order valence-corrected chi connectivity index (χ2v) is 5.96. The quantitative estimate of drug-likeness (QED) is 0.404. The molecule has 1 amide bonds. The van der Waals surface area contributed by atoms with Crippen LogP contribution in [0.5, 0.6) is 5.75 Å². The summed E-state index contributed by atoms with van der Waals surface area (Å²) in [5.74, 6) is -0.0567. The number of hydrogen-bond donors (Lipinski definition) is 2. The summed E-state index contributed by atoms with van der Waals surface area (Å²) in [6, 6.07) is 19.3. The van der Waals surface area contributed by atoms with E-state index >= 15 is 0 Å². The smallest absolute Gasteiger partial charge is 0.244 e. The van der Waals surface area contributed by atoms with Gasteiger partial charge in [-0.05, 0) is 34.4 Å². The molecule has 3 rings (SSSR count). The van der Waals surface area contributed by atoms with E-state index in [-0.39, 0.29) is 18.1 Å². The average Bonchev–Trinajstić information content (AvgIpc) is 2.65. The second kappa shape index (κ2) is 8.12. The van der Waals surface area contributed by atoms with E-state index in [2.05, 4.69) is 17.1 Å². The zero-order valence-corrected chi connectivity index (χ0v) is 14.4. The SMILES string of the molecule is C=CCc1cccc(/C=N/NC(=O)Cc2cccc3ccccc23)c1O. The molecule has 0 saturated heterocycles. The minimum atomic E-state index is -0.209. The number of hydrogen-bond acceptors (Lipinski definition) is 3. The Morgan fingerprint density at radius 1 is 1.04 bits per heavy atom. The number of rotatable bonds is 6. The first-order valence-corrected chi connectivity index (χ1v) is 8.39. The number of hydrazone groups is 1. The number of amides is 1. The van der Waals surface area contributed by atoms with Gasteiger partial charge in [0.2, 0.25) is 5.91 Å². The van der Waals surface area contributed by atoms with Gasteiger partial charge < -0.3 is 5.11 Å². The lowest BCUT2D eigenvalue weighted by Crippen LogP contribution is -2.19. The summed E-state index contributed by atoms with van der Waals surface area (Å²) in [6.45, 7) is 3.67. The van der Waals surface area contributed by atoms with Gasteiger partial charge >= 0.3 is 0 Å². The van der Waals surface area contributed by atoms with E-state index in [0.717, 1.165) is 21.9 Å². The third kappa shape index (κ3) is 3.98. The molecule has 3 aromatic carbocycles. The van der Waals surface area contributed by atoms with E-state index in [4.69, 9.17) is 0 Å². The van der Waals surface area contributed by atoms with Crippen LogP contribution in [0.3, 0.4) is 0 Å². The van der Waals surface area contributed by atoms with Gasteiger partial charge in [0.1, 0.15) is 5.75 Å². The molecule has 26 heavy (non-hydrogen) atoms. The average molecular weight is 344 g/mol. The Morgan fingerprint density at radius 2 is 1.77 bits per heavy atom. The molecule has 0 radical (unpaired) electrons. The molecular weight excluding hydrogens is 324 g/mol. The van der Waals surface area contributed by atoms with Gasteiger partial charge in [-0.1, -0.05) is 60.7 Å². The number of nitrogens with zero attached hydrogens (tertiary/aromatic N) is 1. The molecule has 0 aliphatic rings. The molecule has 3 aromatic rings. The van der Waals surface area contributed by atoms with Crippen LogP contribution in [0.25, 0.3) is 10.8 Å². The van der Waals surface area contributed by atoms with Crippen molar-refractivity contribution in [2.24, 2.45) is 5.10 Å². The first kappa shape index (κ1) is 17.4. The monoisotopic (exact) mass is 344 g/mol. The fourth-order valence-corrected chi connectivity index (χ4v) is 2.87. The number of phenols is 1. The fourth-order valence-electron chi connectivity index (χ4n) is 2.87. The van der Waals surface area contributed by atoms with Gasteiger partial charge in [0.25, 0.3) is 0 Å². The highest BCUT2D eigenvalue weighted by molar-refractivity contribution is 5.91. The molecule has 0 aliphatic carbocycles. The van der Waals surface area contributed by atoms with Gasteiger partial charge in [-0.3, -0.25) is 4.79 Å². The van der Waals surface area contributed by atoms with Crippen molar-refractivity contribution < 1.29 is 9.90 Å². The van der Waals surface area contributed by atoms with Crippen molar-refractivity contribution in [3.63, 3.8) is 0 Å². The van der Waals surface area contributed by atoms with E-state index in [1.807, 2.05) is 54.6 Å².